The van der Waals surface area contributed by atoms with Gasteiger partial charge in [0.05, 0.1) is 0 Å². The molecule has 0 heterocycles. The zero-order valence-electron chi connectivity index (χ0n) is 9.97. The Balaban J connectivity index is 3.24. The van der Waals surface area contributed by atoms with Gasteiger partial charge in [0.1, 0.15) is 0 Å². The Labute approximate surface area is 84.5 Å². The molecule has 0 aliphatic carbocycles. The highest BCUT2D eigenvalue weighted by molar-refractivity contribution is 4.56. The monoisotopic (exact) mass is 185 g/mol. The van der Waals surface area contributed by atoms with E-state index in [2.05, 4.69) is 32.7 Å². The number of hydrogen-bond donors (Lipinski definition) is 0. The lowest BCUT2D eigenvalue weighted by atomic mass is 10.1. The molecule has 13 heavy (non-hydrogen) atoms. The molecule has 0 fully saturated rings. The molecule has 0 rings (SSSR count). The van der Waals surface area contributed by atoms with Crippen molar-refractivity contribution in [3.05, 3.63) is 0 Å². The standard InChI is InChI=1S/C12H27N/c1-5-7-8-10-13(4)11-9-12(3)6-2/h12H,5-11H2,1-4H3. The zero-order chi connectivity index (χ0) is 10.1. The molecule has 80 valence electrons. The van der Waals surface area contributed by atoms with Gasteiger partial charge in [-0.05, 0) is 38.9 Å². The van der Waals surface area contributed by atoms with Crippen LogP contribution in [0.2, 0.25) is 0 Å². The minimum atomic E-state index is 0.897. The van der Waals surface area contributed by atoms with Crippen molar-refractivity contribution in [1.29, 1.82) is 0 Å². The molecule has 0 aromatic carbocycles. The first-order valence-electron chi connectivity index (χ1n) is 5.89. The summed E-state index contributed by atoms with van der Waals surface area (Å²) in [4.78, 5) is 2.47. The quantitative estimate of drug-likeness (QED) is 0.523. The van der Waals surface area contributed by atoms with Crippen LogP contribution in [0, 0.1) is 5.92 Å². The summed E-state index contributed by atoms with van der Waals surface area (Å²) < 4.78 is 0. The van der Waals surface area contributed by atoms with E-state index in [1.165, 1.54) is 45.2 Å². The predicted octanol–water partition coefficient (Wildman–Crippen LogP) is 3.54. The lowest BCUT2D eigenvalue weighted by molar-refractivity contribution is 0.297. The van der Waals surface area contributed by atoms with Crippen LogP contribution in [0.25, 0.3) is 0 Å². The van der Waals surface area contributed by atoms with Gasteiger partial charge >= 0.3 is 0 Å². The molecule has 0 aliphatic heterocycles. The number of hydrogen-bond acceptors (Lipinski definition) is 1. The van der Waals surface area contributed by atoms with Gasteiger partial charge < -0.3 is 4.90 Å². The van der Waals surface area contributed by atoms with E-state index in [4.69, 9.17) is 0 Å². The lowest BCUT2D eigenvalue weighted by Crippen LogP contribution is -2.22. The first-order chi connectivity index (χ1) is 6.20. The van der Waals surface area contributed by atoms with Gasteiger partial charge in [-0.2, -0.15) is 0 Å². The van der Waals surface area contributed by atoms with E-state index in [0.29, 0.717) is 0 Å². The van der Waals surface area contributed by atoms with Crippen LogP contribution in [0.4, 0.5) is 0 Å². The second-order valence-corrected chi connectivity index (χ2v) is 4.31. The molecular weight excluding hydrogens is 158 g/mol. The first kappa shape index (κ1) is 13.0. The molecule has 0 aliphatic rings. The molecule has 0 saturated heterocycles. The molecule has 1 heteroatoms. The molecule has 0 spiro atoms. The van der Waals surface area contributed by atoms with Crippen LogP contribution in [0.15, 0.2) is 0 Å². The van der Waals surface area contributed by atoms with E-state index in [-0.39, 0.29) is 0 Å². The van der Waals surface area contributed by atoms with E-state index in [0.717, 1.165) is 5.92 Å². The summed E-state index contributed by atoms with van der Waals surface area (Å²) >= 11 is 0. The molecule has 0 bridgehead atoms. The number of unbranched alkanes of at least 4 members (excludes halogenated alkanes) is 2. The average Bonchev–Trinajstić information content (AvgIpc) is 2.14. The molecule has 1 atom stereocenters. The second kappa shape index (κ2) is 8.55. The van der Waals surface area contributed by atoms with E-state index in [1.807, 2.05) is 0 Å². The second-order valence-electron chi connectivity index (χ2n) is 4.31. The molecule has 0 aromatic rings. The minimum Gasteiger partial charge on any atom is -0.306 e. The maximum atomic E-state index is 2.47. The summed E-state index contributed by atoms with van der Waals surface area (Å²) in [5.41, 5.74) is 0. The van der Waals surface area contributed by atoms with E-state index in [9.17, 15) is 0 Å². The smallest absolute Gasteiger partial charge is 0.00193 e. The van der Waals surface area contributed by atoms with Crippen molar-refractivity contribution in [3.8, 4) is 0 Å². The fraction of sp³-hybridized carbons (Fsp3) is 1.00. The van der Waals surface area contributed by atoms with Gasteiger partial charge in [-0.25, -0.2) is 0 Å². The molecular formula is C12H27N. The first-order valence-corrected chi connectivity index (χ1v) is 5.89. The van der Waals surface area contributed by atoms with E-state index < -0.39 is 0 Å². The van der Waals surface area contributed by atoms with Gasteiger partial charge in [-0.15, -0.1) is 0 Å². The summed E-state index contributed by atoms with van der Waals surface area (Å²) in [6.45, 7) is 9.45. The largest absolute Gasteiger partial charge is 0.306 e. The molecule has 0 aromatic heterocycles. The van der Waals surface area contributed by atoms with Crippen molar-refractivity contribution in [2.45, 2.75) is 52.9 Å². The topological polar surface area (TPSA) is 3.24 Å². The van der Waals surface area contributed by atoms with Crippen LogP contribution < -0.4 is 0 Å². The Morgan fingerprint density at radius 1 is 1.08 bits per heavy atom. The van der Waals surface area contributed by atoms with Gasteiger partial charge in [0.2, 0.25) is 0 Å². The van der Waals surface area contributed by atoms with Crippen LogP contribution in [0.1, 0.15) is 52.9 Å². The van der Waals surface area contributed by atoms with Crippen molar-refractivity contribution in [2.75, 3.05) is 20.1 Å². The summed E-state index contributed by atoms with van der Waals surface area (Å²) in [6, 6.07) is 0. The molecule has 0 N–H and O–H groups in total. The number of nitrogens with zero attached hydrogens (tertiary/aromatic N) is 1. The SMILES string of the molecule is CCCCCN(C)CCC(C)CC. The van der Waals surface area contributed by atoms with Crippen LogP contribution >= 0.6 is 0 Å². The van der Waals surface area contributed by atoms with Gasteiger partial charge in [0.15, 0.2) is 0 Å². The third-order valence-corrected chi connectivity index (χ3v) is 2.84. The molecule has 0 radical (unpaired) electrons. The molecule has 0 amide bonds. The van der Waals surface area contributed by atoms with Crippen molar-refractivity contribution in [3.63, 3.8) is 0 Å². The molecule has 0 saturated carbocycles. The van der Waals surface area contributed by atoms with E-state index in [1.54, 1.807) is 0 Å². The Bertz CT molecular complexity index is 101. The molecule has 1 nitrogen and oxygen atoms in total. The van der Waals surface area contributed by atoms with Crippen molar-refractivity contribution >= 4 is 0 Å². The zero-order valence-corrected chi connectivity index (χ0v) is 9.97. The van der Waals surface area contributed by atoms with Crippen molar-refractivity contribution in [1.82, 2.24) is 4.90 Å². The van der Waals surface area contributed by atoms with Gasteiger partial charge in [-0.1, -0.05) is 40.0 Å². The fourth-order valence-corrected chi connectivity index (χ4v) is 1.39. The Kier molecular flexibility index (Phi) is 8.53. The third-order valence-electron chi connectivity index (χ3n) is 2.84. The van der Waals surface area contributed by atoms with Gasteiger partial charge in [0, 0.05) is 0 Å². The highest BCUT2D eigenvalue weighted by atomic mass is 15.1. The molecule has 1 unspecified atom stereocenters. The van der Waals surface area contributed by atoms with Gasteiger partial charge in [-0.3, -0.25) is 0 Å². The van der Waals surface area contributed by atoms with Crippen molar-refractivity contribution < 1.29 is 0 Å². The minimum absolute atomic E-state index is 0.897. The fourth-order valence-electron chi connectivity index (χ4n) is 1.39. The maximum absolute atomic E-state index is 2.47. The Morgan fingerprint density at radius 3 is 2.31 bits per heavy atom. The summed E-state index contributed by atoms with van der Waals surface area (Å²) in [7, 11) is 2.25. The Hall–Kier alpha value is -0.0400. The third kappa shape index (κ3) is 8.29. The van der Waals surface area contributed by atoms with Gasteiger partial charge in [0.25, 0.3) is 0 Å². The van der Waals surface area contributed by atoms with Crippen LogP contribution in [-0.4, -0.2) is 25.0 Å². The van der Waals surface area contributed by atoms with Crippen molar-refractivity contribution in [2.24, 2.45) is 5.92 Å². The summed E-state index contributed by atoms with van der Waals surface area (Å²) in [6.07, 6.45) is 6.77. The lowest BCUT2D eigenvalue weighted by Gasteiger charge is -2.18. The average molecular weight is 185 g/mol. The maximum Gasteiger partial charge on any atom is -0.00193 e. The van der Waals surface area contributed by atoms with Crippen LogP contribution in [0.3, 0.4) is 0 Å². The van der Waals surface area contributed by atoms with E-state index >= 15 is 0 Å². The normalized spacial score (nSPS) is 13.6. The summed E-state index contributed by atoms with van der Waals surface area (Å²) in [5, 5.41) is 0. The number of rotatable bonds is 8. The van der Waals surface area contributed by atoms with Crippen LogP contribution in [-0.2, 0) is 0 Å². The highest BCUT2D eigenvalue weighted by Gasteiger charge is 2.01. The predicted molar refractivity (Wildman–Crippen MR) is 61.1 cm³/mol. The van der Waals surface area contributed by atoms with Crippen LogP contribution in [0.5, 0.6) is 0 Å². The Morgan fingerprint density at radius 2 is 1.77 bits per heavy atom. The summed E-state index contributed by atoms with van der Waals surface area (Å²) in [5.74, 6) is 0.897. The highest BCUT2D eigenvalue weighted by Crippen LogP contribution is 2.07.